The molecular weight excluding hydrogens is 414 g/mol. The highest BCUT2D eigenvalue weighted by molar-refractivity contribution is 6.01. The lowest BCUT2D eigenvalue weighted by molar-refractivity contribution is -0.117. The molecule has 1 aliphatic heterocycles. The van der Waals surface area contributed by atoms with E-state index in [9.17, 15) is 4.79 Å². The van der Waals surface area contributed by atoms with Crippen LogP contribution in [0.3, 0.4) is 0 Å². The van der Waals surface area contributed by atoms with E-state index < -0.39 is 0 Å². The minimum absolute atomic E-state index is 0.0665. The average molecular weight is 444 g/mol. The van der Waals surface area contributed by atoms with Gasteiger partial charge in [0.15, 0.2) is 0 Å². The number of nitrogens with one attached hydrogen (secondary N) is 3. The molecule has 1 aromatic heterocycles. The van der Waals surface area contributed by atoms with Crippen LogP contribution in [0.15, 0.2) is 73.1 Å². The zero-order valence-electron chi connectivity index (χ0n) is 19.0. The molecule has 1 aliphatic rings. The topological polar surface area (TPSA) is 85.4 Å². The van der Waals surface area contributed by atoms with Gasteiger partial charge in [-0.25, -0.2) is 20.0 Å². The van der Waals surface area contributed by atoms with E-state index >= 15 is 0 Å². The summed E-state index contributed by atoms with van der Waals surface area (Å²) in [6.07, 6.45) is 4.88. The first-order chi connectivity index (χ1) is 16.1. The number of rotatable bonds is 7. The monoisotopic (exact) mass is 443 g/mol. The SMILES string of the molecule is CC=CC(=O)N(c1cccc(Nc2cc(Nc3cccc(C)c3)ncn2)c1)N1CCNCC1. The molecule has 0 radical (unpaired) electrons. The van der Waals surface area contributed by atoms with Crippen LogP contribution < -0.4 is 21.0 Å². The molecule has 3 aromatic rings. The molecule has 1 fully saturated rings. The molecule has 33 heavy (non-hydrogen) atoms. The van der Waals surface area contributed by atoms with Crippen molar-refractivity contribution in [2.75, 3.05) is 41.8 Å². The Kier molecular flexibility index (Phi) is 7.29. The van der Waals surface area contributed by atoms with Gasteiger partial charge in [0.25, 0.3) is 5.91 Å². The second kappa shape index (κ2) is 10.7. The van der Waals surface area contributed by atoms with E-state index in [4.69, 9.17) is 0 Å². The maximum absolute atomic E-state index is 12.9. The second-order valence-corrected chi connectivity index (χ2v) is 7.81. The highest BCUT2D eigenvalue weighted by Crippen LogP contribution is 2.25. The highest BCUT2D eigenvalue weighted by atomic mass is 16.2. The molecule has 1 saturated heterocycles. The number of hydrazine groups is 1. The first-order valence-electron chi connectivity index (χ1n) is 11.1. The zero-order chi connectivity index (χ0) is 23.0. The van der Waals surface area contributed by atoms with Crippen LogP contribution >= 0.6 is 0 Å². The summed E-state index contributed by atoms with van der Waals surface area (Å²) in [5, 5.41) is 13.8. The standard InChI is InChI=1S/C25H29N7O/c1-3-6-25(33)32(31-13-11-26-12-14-31)22-10-5-9-21(16-22)30-24-17-23(27-18-28-24)29-20-8-4-7-19(2)15-20/h3-10,15-18,26H,11-14H2,1-2H3,(H2,27,28,29,30). The quantitative estimate of drug-likeness (QED) is 0.476. The lowest BCUT2D eigenvalue weighted by Gasteiger charge is -2.37. The zero-order valence-corrected chi connectivity index (χ0v) is 19.0. The first-order valence-corrected chi connectivity index (χ1v) is 11.1. The Balaban J connectivity index is 1.54. The van der Waals surface area contributed by atoms with E-state index in [1.807, 2.05) is 49.4 Å². The van der Waals surface area contributed by atoms with Crippen LogP contribution in [0.25, 0.3) is 0 Å². The summed E-state index contributed by atoms with van der Waals surface area (Å²) in [4.78, 5) is 21.6. The van der Waals surface area contributed by atoms with Gasteiger partial charge in [-0.3, -0.25) is 4.79 Å². The summed E-state index contributed by atoms with van der Waals surface area (Å²) in [7, 11) is 0. The van der Waals surface area contributed by atoms with Crippen LogP contribution in [0, 0.1) is 6.92 Å². The van der Waals surface area contributed by atoms with Gasteiger partial charge in [-0.2, -0.15) is 0 Å². The Morgan fingerprint density at radius 1 is 1.00 bits per heavy atom. The molecule has 0 bridgehead atoms. The number of carbonyl (C=O) groups is 1. The summed E-state index contributed by atoms with van der Waals surface area (Å²) < 4.78 is 0. The van der Waals surface area contributed by atoms with Gasteiger partial charge in [-0.1, -0.05) is 24.3 Å². The lowest BCUT2D eigenvalue weighted by atomic mass is 10.2. The Bertz CT molecular complexity index is 1120. The van der Waals surface area contributed by atoms with Gasteiger partial charge in [-0.05, 0) is 49.7 Å². The van der Waals surface area contributed by atoms with Crippen molar-refractivity contribution in [3.8, 4) is 0 Å². The van der Waals surface area contributed by atoms with Crippen molar-refractivity contribution < 1.29 is 4.79 Å². The van der Waals surface area contributed by atoms with E-state index in [2.05, 4.69) is 50.0 Å². The highest BCUT2D eigenvalue weighted by Gasteiger charge is 2.23. The molecule has 0 saturated carbocycles. The molecule has 0 aliphatic carbocycles. The van der Waals surface area contributed by atoms with E-state index in [1.54, 1.807) is 17.2 Å². The maximum atomic E-state index is 12.9. The minimum atomic E-state index is -0.0665. The molecule has 3 N–H and O–H groups in total. The van der Waals surface area contributed by atoms with Crippen LogP contribution in [0.2, 0.25) is 0 Å². The van der Waals surface area contributed by atoms with Gasteiger partial charge in [0, 0.05) is 49.7 Å². The van der Waals surface area contributed by atoms with Crippen molar-refractivity contribution in [1.82, 2.24) is 20.3 Å². The third-order valence-electron chi connectivity index (χ3n) is 5.21. The van der Waals surface area contributed by atoms with Crippen LogP contribution in [0.5, 0.6) is 0 Å². The van der Waals surface area contributed by atoms with Crippen molar-refractivity contribution in [2.24, 2.45) is 0 Å². The van der Waals surface area contributed by atoms with Gasteiger partial charge >= 0.3 is 0 Å². The first kappa shape index (κ1) is 22.4. The van der Waals surface area contributed by atoms with Gasteiger partial charge in [0.05, 0.1) is 5.69 Å². The summed E-state index contributed by atoms with van der Waals surface area (Å²) >= 11 is 0. The van der Waals surface area contributed by atoms with Crippen molar-refractivity contribution in [2.45, 2.75) is 13.8 Å². The van der Waals surface area contributed by atoms with E-state index in [1.165, 1.54) is 11.9 Å². The number of hydrogen-bond donors (Lipinski definition) is 3. The largest absolute Gasteiger partial charge is 0.340 e. The molecule has 2 heterocycles. The molecule has 2 aromatic carbocycles. The van der Waals surface area contributed by atoms with Crippen molar-refractivity contribution >= 4 is 34.6 Å². The third kappa shape index (κ3) is 5.94. The smallest absolute Gasteiger partial charge is 0.265 e. The third-order valence-corrected chi connectivity index (χ3v) is 5.21. The molecule has 0 spiro atoms. The number of piperazine rings is 1. The number of hydrogen-bond acceptors (Lipinski definition) is 7. The number of carbonyl (C=O) groups excluding carboxylic acids is 1. The molecule has 8 nitrogen and oxygen atoms in total. The van der Waals surface area contributed by atoms with Gasteiger partial charge < -0.3 is 16.0 Å². The van der Waals surface area contributed by atoms with Gasteiger partial charge in [0.2, 0.25) is 0 Å². The van der Waals surface area contributed by atoms with Crippen LogP contribution in [0.1, 0.15) is 12.5 Å². The maximum Gasteiger partial charge on any atom is 0.265 e. The Morgan fingerprint density at radius 3 is 2.33 bits per heavy atom. The second-order valence-electron chi connectivity index (χ2n) is 7.81. The van der Waals surface area contributed by atoms with E-state index in [0.29, 0.717) is 11.6 Å². The summed E-state index contributed by atoms with van der Waals surface area (Å²) in [6.45, 7) is 7.12. The number of amides is 1. The molecule has 8 heteroatoms. The minimum Gasteiger partial charge on any atom is -0.340 e. The number of nitrogens with zero attached hydrogens (tertiary/aromatic N) is 4. The number of aromatic nitrogens is 2. The Hall–Kier alpha value is -3.75. The molecule has 0 atom stereocenters. The molecule has 0 unspecified atom stereocenters. The summed E-state index contributed by atoms with van der Waals surface area (Å²) in [6, 6.07) is 17.8. The van der Waals surface area contributed by atoms with Crippen molar-refractivity contribution in [3.05, 3.63) is 78.6 Å². The number of allylic oxidation sites excluding steroid dienone is 1. The number of aryl methyl sites for hydroxylation is 1. The average Bonchev–Trinajstić information content (AvgIpc) is 2.81. The van der Waals surface area contributed by atoms with Crippen molar-refractivity contribution in [3.63, 3.8) is 0 Å². The van der Waals surface area contributed by atoms with E-state index in [-0.39, 0.29) is 5.91 Å². The molecule has 4 rings (SSSR count). The summed E-state index contributed by atoms with van der Waals surface area (Å²) in [5.74, 6) is 1.29. The fraction of sp³-hybridized carbons (Fsp3) is 0.240. The summed E-state index contributed by atoms with van der Waals surface area (Å²) in [5.41, 5.74) is 3.78. The van der Waals surface area contributed by atoms with Crippen molar-refractivity contribution in [1.29, 1.82) is 0 Å². The van der Waals surface area contributed by atoms with Gasteiger partial charge in [0.1, 0.15) is 18.0 Å². The van der Waals surface area contributed by atoms with Crippen LogP contribution in [0.4, 0.5) is 28.7 Å². The number of anilines is 5. The molecular formula is C25H29N7O. The number of benzene rings is 2. The molecule has 170 valence electrons. The normalized spacial score (nSPS) is 14.2. The predicted molar refractivity (Wildman–Crippen MR) is 133 cm³/mol. The van der Waals surface area contributed by atoms with Crippen LogP contribution in [-0.4, -0.2) is 47.1 Å². The predicted octanol–water partition coefficient (Wildman–Crippen LogP) is 4.00. The fourth-order valence-electron chi connectivity index (χ4n) is 3.72. The van der Waals surface area contributed by atoms with Crippen LogP contribution in [-0.2, 0) is 4.79 Å². The Morgan fingerprint density at radius 2 is 1.67 bits per heavy atom. The lowest BCUT2D eigenvalue weighted by Crippen LogP contribution is -2.54. The molecule has 1 amide bonds. The Labute approximate surface area is 194 Å². The van der Waals surface area contributed by atoms with Gasteiger partial charge in [-0.15, -0.1) is 0 Å². The van der Waals surface area contributed by atoms with E-state index in [0.717, 1.165) is 43.2 Å². The fourth-order valence-corrected chi connectivity index (χ4v) is 3.72.